The van der Waals surface area contributed by atoms with Gasteiger partial charge < -0.3 is 14.8 Å². The van der Waals surface area contributed by atoms with Crippen LogP contribution in [0.25, 0.3) is 11.2 Å². The zero-order valence-corrected chi connectivity index (χ0v) is 13.3. The van der Waals surface area contributed by atoms with Crippen LogP contribution in [-0.4, -0.2) is 44.9 Å². The minimum Gasteiger partial charge on any atom is -0.340 e. The molecule has 0 atom stereocenters. The van der Waals surface area contributed by atoms with Gasteiger partial charge in [-0.3, -0.25) is 13.9 Å². The lowest BCUT2D eigenvalue weighted by Gasteiger charge is -2.28. The molecule has 0 radical (unpaired) electrons. The van der Waals surface area contributed by atoms with Crippen molar-refractivity contribution < 1.29 is 0 Å². The number of hydrogen-bond donors (Lipinski definition) is 1. The van der Waals surface area contributed by atoms with Crippen molar-refractivity contribution >= 4 is 17.1 Å². The minimum atomic E-state index is -0.312. The molecule has 0 aromatic carbocycles. The largest absolute Gasteiger partial charge is 0.340 e. The van der Waals surface area contributed by atoms with Gasteiger partial charge in [-0.1, -0.05) is 0 Å². The number of aryl methyl sites for hydroxylation is 2. The van der Waals surface area contributed by atoms with Gasteiger partial charge in [0.15, 0.2) is 11.2 Å². The summed E-state index contributed by atoms with van der Waals surface area (Å²) in [5.41, 5.74) is 0.416. The standard InChI is InChI=1S/C14H22N6O2/c1-4-19-10-11(16-13(19)18-8-6-15-7-9-18)20(5-2)14(22)17(3)12(10)21/h15H,4-9H2,1-3H3. The number of rotatable bonds is 3. The summed E-state index contributed by atoms with van der Waals surface area (Å²) >= 11 is 0. The van der Waals surface area contributed by atoms with Crippen molar-refractivity contribution in [3.05, 3.63) is 20.8 Å². The summed E-state index contributed by atoms with van der Waals surface area (Å²) in [6.07, 6.45) is 0. The van der Waals surface area contributed by atoms with E-state index < -0.39 is 0 Å². The smallest absolute Gasteiger partial charge is 0.332 e. The van der Waals surface area contributed by atoms with Gasteiger partial charge in [-0.2, -0.15) is 4.98 Å². The molecule has 0 bridgehead atoms. The molecule has 1 N–H and O–H groups in total. The normalized spacial score (nSPS) is 15.7. The summed E-state index contributed by atoms with van der Waals surface area (Å²) < 4.78 is 4.66. The average molecular weight is 306 g/mol. The molecule has 1 fully saturated rings. The molecule has 0 spiro atoms. The van der Waals surface area contributed by atoms with E-state index in [0.29, 0.717) is 24.3 Å². The van der Waals surface area contributed by atoms with Crippen LogP contribution >= 0.6 is 0 Å². The van der Waals surface area contributed by atoms with Crippen LogP contribution < -0.4 is 21.5 Å². The summed E-state index contributed by atoms with van der Waals surface area (Å²) in [6.45, 7) is 8.50. The van der Waals surface area contributed by atoms with E-state index >= 15 is 0 Å². The lowest BCUT2D eigenvalue weighted by molar-refractivity contribution is 0.569. The van der Waals surface area contributed by atoms with Gasteiger partial charge in [0.1, 0.15) is 0 Å². The molecule has 0 unspecified atom stereocenters. The maximum absolute atomic E-state index is 12.6. The van der Waals surface area contributed by atoms with E-state index in [2.05, 4.69) is 15.2 Å². The van der Waals surface area contributed by atoms with Crippen molar-refractivity contribution in [2.75, 3.05) is 31.1 Å². The summed E-state index contributed by atoms with van der Waals surface area (Å²) in [6, 6.07) is 0. The van der Waals surface area contributed by atoms with Crippen molar-refractivity contribution in [3.63, 3.8) is 0 Å². The van der Waals surface area contributed by atoms with Crippen LogP contribution in [0.3, 0.4) is 0 Å². The predicted molar refractivity (Wildman–Crippen MR) is 85.7 cm³/mol. The van der Waals surface area contributed by atoms with Crippen LogP contribution in [0, 0.1) is 0 Å². The van der Waals surface area contributed by atoms with Crippen molar-refractivity contribution in [3.8, 4) is 0 Å². The van der Waals surface area contributed by atoms with Crippen LogP contribution in [0.4, 0.5) is 5.95 Å². The van der Waals surface area contributed by atoms with E-state index in [9.17, 15) is 9.59 Å². The van der Waals surface area contributed by atoms with E-state index in [1.807, 2.05) is 18.4 Å². The number of imidazole rings is 1. The predicted octanol–water partition coefficient (Wildman–Crippen LogP) is -0.654. The van der Waals surface area contributed by atoms with Crippen LogP contribution in [0.15, 0.2) is 9.59 Å². The second kappa shape index (κ2) is 5.60. The van der Waals surface area contributed by atoms with Crippen LogP contribution in [0.2, 0.25) is 0 Å². The molecule has 3 heterocycles. The fourth-order valence-corrected chi connectivity index (χ4v) is 3.04. The maximum Gasteiger partial charge on any atom is 0.332 e. The molecule has 2 aromatic heterocycles. The summed E-state index contributed by atoms with van der Waals surface area (Å²) in [5.74, 6) is 0.781. The maximum atomic E-state index is 12.6. The third-order valence-corrected chi connectivity index (χ3v) is 4.24. The summed E-state index contributed by atoms with van der Waals surface area (Å²) in [7, 11) is 1.52. The highest BCUT2D eigenvalue weighted by molar-refractivity contribution is 5.74. The molecule has 0 amide bonds. The molecule has 1 aliphatic rings. The second-order valence-corrected chi connectivity index (χ2v) is 5.46. The molecule has 8 nitrogen and oxygen atoms in total. The molecule has 2 aromatic rings. The molecule has 3 rings (SSSR count). The van der Waals surface area contributed by atoms with Gasteiger partial charge in [0.2, 0.25) is 5.95 Å². The van der Waals surface area contributed by atoms with Gasteiger partial charge in [0.25, 0.3) is 5.56 Å². The fourth-order valence-electron chi connectivity index (χ4n) is 3.04. The Balaban J connectivity index is 2.34. The number of piperazine rings is 1. The Morgan fingerprint density at radius 2 is 1.73 bits per heavy atom. The van der Waals surface area contributed by atoms with E-state index in [1.165, 1.54) is 11.6 Å². The van der Waals surface area contributed by atoms with E-state index in [-0.39, 0.29) is 11.2 Å². The molecule has 120 valence electrons. The van der Waals surface area contributed by atoms with Crippen molar-refractivity contribution in [2.24, 2.45) is 7.05 Å². The molecule has 1 saturated heterocycles. The van der Waals surface area contributed by atoms with Crippen LogP contribution in [0.5, 0.6) is 0 Å². The Hall–Kier alpha value is -2.09. The minimum absolute atomic E-state index is 0.277. The number of fused-ring (bicyclic) bond motifs is 1. The van der Waals surface area contributed by atoms with Gasteiger partial charge in [-0.25, -0.2) is 4.79 Å². The fraction of sp³-hybridized carbons (Fsp3) is 0.643. The molecule has 0 saturated carbocycles. The Bertz CT molecular complexity index is 809. The number of hydrogen-bond acceptors (Lipinski definition) is 5. The average Bonchev–Trinajstić information content (AvgIpc) is 2.93. The first-order valence-corrected chi connectivity index (χ1v) is 7.75. The first-order valence-electron chi connectivity index (χ1n) is 7.75. The van der Waals surface area contributed by atoms with Gasteiger partial charge in [-0.05, 0) is 13.8 Å². The molecular formula is C14H22N6O2. The zero-order chi connectivity index (χ0) is 15.9. The Morgan fingerprint density at radius 3 is 2.32 bits per heavy atom. The van der Waals surface area contributed by atoms with Gasteiger partial charge in [0, 0.05) is 46.3 Å². The Morgan fingerprint density at radius 1 is 1.09 bits per heavy atom. The highest BCUT2D eigenvalue weighted by atomic mass is 16.2. The molecule has 22 heavy (non-hydrogen) atoms. The Kier molecular flexibility index (Phi) is 3.78. The third kappa shape index (κ3) is 2.06. The highest BCUT2D eigenvalue weighted by Crippen LogP contribution is 2.20. The van der Waals surface area contributed by atoms with Crippen molar-refractivity contribution in [2.45, 2.75) is 26.9 Å². The van der Waals surface area contributed by atoms with Crippen LogP contribution in [0.1, 0.15) is 13.8 Å². The van der Waals surface area contributed by atoms with Crippen LogP contribution in [-0.2, 0) is 20.1 Å². The third-order valence-electron chi connectivity index (χ3n) is 4.24. The quantitative estimate of drug-likeness (QED) is 0.815. The van der Waals surface area contributed by atoms with Gasteiger partial charge >= 0.3 is 5.69 Å². The van der Waals surface area contributed by atoms with E-state index in [0.717, 1.165) is 32.1 Å². The summed E-state index contributed by atoms with van der Waals surface area (Å²) in [4.78, 5) is 31.6. The Labute approximate surface area is 128 Å². The van der Waals surface area contributed by atoms with E-state index in [4.69, 9.17) is 0 Å². The highest BCUT2D eigenvalue weighted by Gasteiger charge is 2.23. The molecule has 8 heteroatoms. The number of nitrogens with one attached hydrogen (secondary N) is 1. The first kappa shape index (κ1) is 14.8. The molecule has 0 aliphatic carbocycles. The number of nitrogens with zero attached hydrogens (tertiary/aromatic N) is 5. The monoisotopic (exact) mass is 306 g/mol. The number of aromatic nitrogens is 4. The number of anilines is 1. The SMILES string of the molecule is CCn1c(N2CCNCC2)nc2c1c(=O)n(C)c(=O)n2CC. The molecule has 1 aliphatic heterocycles. The molecular weight excluding hydrogens is 284 g/mol. The lowest BCUT2D eigenvalue weighted by Crippen LogP contribution is -2.44. The van der Waals surface area contributed by atoms with E-state index in [1.54, 1.807) is 4.57 Å². The van der Waals surface area contributed by atoms with Gasteiger partial charge in [-0.15, -0.1) is 0 Å². The van der Waals surface area contributed by atoms with Crippen molar-refractivity contribution in [1.82, 2.24) is 24.0 Å². The topological polar surface area (TPSA) is 77.1 Å². The summed E-state index contributed by atoms with van der Waals surface area (Å²) in [5, 5.41) is 3.31. The zero-order valence-electron chi connectivity index (χ0n) is 13.3. The second-order valence-electron chi connectivity index (χ2n) is 5.46. The van der Waals surface area contributed by atoms with Gasteiger partial charge in [0.05, 0.1) is 0 Å². The first-order chi connectivity index (χ1) is 10.6. The van der Waals surface area contributed by atoms with Crippen molar-refractivity contribution in [1.29, 1.82) is 0 Å². The lowest BCUT2D eigenvalue weighted by atomic mass is 10.4.